The van der Waals surface area contributed by atoms with Crippen molar-refractivity contribution in [3.63, 3.8) is 0 Å². The summed E-state index contributed by atoms with van der Waals surface area (Å²) in [4.78, 5) is 32.9. The van der Waals surface area contributed by atoms with Crippen molar-refractivity contribution in [3.8, 4) is 0 Å². The Kier molecular flexibility index (Phi) is 4.15. The van der Waals surface area contributed by atoms with Crippen molar-refractivity contribution in [1.29, 1.82) is 0 Å². The number of ether oxygens (including phenoxy) is 1. The third kappa shape index (κ3) is 3.35. The molecule has 1 saturated carbocycles. The molecule has 0 radical (unpaired) electrons. The zero-order valence-electron chi connectivity index (χ0n) is 14.6. The van der Waals surface area contributed by atoms with Crippen LogP contribution in [0.2, 0.25) is 0 Å². The lowest BCUT2D eigenvalue weighted by Crippen LogP contribution is -2.46. The Hall–Kier alpha value is -2.09. The highest BCUT2D eigenvalue weighted by Crippen LogP contribution is 2.32. The zero-order chi connectivity index (χ0) is 17.4. The number of hydrogen-bond acceptors (Lipinski definition) is 5. The maximum atomic E-state index is 12.9. The molecule has 0 aromatic carbocycles. The van der Waals surface area contributed by atoms with Gasteiger partial charge >= 0.3 is 6.09 Å². The first-order valence-electron chi connectivity index (χ1n) is 9.01. The van der Waals surface area contributed by atoms with Crippen molar-refractivity contribution in [2.24, 2.45) is 7.05 Å². The number of piperidine rings is 1. The maximum Gasteiger partial charge on any atom is 0.410 e. The average molecular weight is 347 g/mol. The molecule has 2 aliphatic heterocycles. The van der Waals surface area contributed by atoms with Gasteiger partial charge < -0.3 is 19.5 Å². The number of nitrogens with one attached hydrogen (secondary N) is 1. The largest absolute Gasteiger partial charge is 0.441 e. The molecule has 25 heavy (non-hydrogen) atoms. The van der Waals surface area contributed by atoms with E-state index in [9.17, 15) is 9.59 Å². The summed E-state index contributed by atoms with van der Waals surface area (Å²) in [5.41, 5.74) is -0.410. The molecule has 0 atom stereocenters. The molecule has 8 heteroatoms. The third-order valence-corrected chi connectivity index (χ3v) is 5.42. The van der Waals surface area contributed by atoms with E-state index < -0.39 is 5.60 Å². The minimum Gasteiger partial charge on any atom is -0.441 e. The average Bonchev–Trinajstić information content (AvgIpc) is 3.28. The fourth-order valence-corrected chi connectivity index (χ4v) is 3.72. The Morgan fingerprint density at radius 2 is 2.20 bits per heavy atom. The molecule has 2 saturated heterocycles. The summed E-state index contributed by atoms with van der Waals surface area (Å²) in [5.74, 6) is 0.840. The van der Waals surface area contributed by atoms with Gasteiger partial charge in [0.1, 0.15) is 18.0 Å². The maximum absolute atomic E-state index is 12.9. The molecule has 2 amide bonds. The molecule has 3 heterocycles. The standard InChI is InChI=1S/C17H25N5O3/c1-20-9-8-19-14(20)10-22(13-2-3-13)15(23)11-21-12-17(25-16(21)24)4-6-18-7-5-17/h8-9,13,18H,2-7,10-12H2,1H3. The van der Waals surface area contributed by atoms with Crippen LogP contribution in [-0.4, -0.2) is 69.2 Å². The molecule has 3 aliphatic rings. The van der Waals surface area contributed by atoms with E-state index in [0.29, 0.717) is 13.1 Å². The fourth-order valence-electron chi connectivity index (χ4n) is 3.72. The van der Waals surface area contributed by atoms with E-state index in [1.807, 2.05) is 22.7 Å². The summed E-state index contributed by atoms with van der Waals surface area (Å²) < 4.78 is 7.57. The van der Waals surface area contributed by atoms with Crippen LogP contribution in [0.25, 0.3) is 0 Å². The molecule has 8 nitrogen and oxygen atoms in total. The summed E-state index contributed by atoms with van der Waals surface area (Å²) in [6.45, 7) is 2.80. The number of hydrogen-bond donors (Lipinski definition) is 1. The van der Waals surface area contributed by atoms with Gasteiger partial charge in [0, 0.05) is 38.3 Å². The summed E-state index contributed by atoms with van der Waals surface area (Å²) in [7, 11) is 1.93. The number of amides is 2. The summed E-state index contributed by atoms with van der Waals surface area (Å²) >= 11 is 0. The van der Waals surface area contributed by atoms with Gasteiger partial charge in [-0.2, -0.15) is 0 Å². The molecule has 0 bridgehead atoms. The molecule has 3 fully saturated rings. The van der Waals surface area contributed by atoms with Crippen molar-refractivity contribution < 1.29 is 14.3 Å². The van der Waals surface area contributed by atoms with Crippen molar-refractivity contribution >= 4 is 12.0 Å². The fraction of sp³-hybridized carbons (Fsp3) is 0.706. The molecule has 1 spiro atoms. The highest BCUT2D eigenvalue weighted by Gasteiger charge is 2.47. The van der Waals surface area contributed by atoms with Crippen LogP contribution >= 0.6 is 0 Å². The van der Waals surface area contributed by atoms with Gasteiger partial charge in [0.2, 0.25) is 5.91 Å². The Bertz CT molecular complexity index is 663. The Morgan fingerprint density at radius 3 is 2.84 bits per heavy atom. The number of rotatable bonds is 5. The van der Waals surface area contributed by atoms with Crippen LogP contribution in [0.1, 0.15) is 31.5 Å². The number of aryl methyl sites for hydroxylation is 1. The molecule has 0 unspecified atom stereocenters. The third-order valence-electron chi connectivity index (χ3n) is 5.42. The van der Waals surface area contributed by atoms with Crippen molar-refractivity contribution in [2.75, 3.05) is 26.2 Å². The van der Waals surface area contributed by atoms with E-state index >= 15 is 0 Å². The van der Waals surface area contributed by atoms with Gasteiger partial charge in [0.25, 0.3) is 0 Å². The van der Waals surface area contributed by atoms with Crippen LogP contribution in [-0.2, 0) is 23.1 Å². The van der Waals surface area contributed by atoms with Crippen LogP contribution in [0.5, 0.6) is 0 Å². The monoisotopic (exact) mass is 347 g/mol. The number of carbonyl (C=O) groups is 2. The molecular formula is C17H25N5O3. The highest BCUT2D eigenvalue weighted by atomic mass is 16.6. The predicted octanol–water partition coefficient (Wildman–Crippen LogP) is 0.486. The number of nitrogens with zero attached hydrogens (tertiary/aromatic N) is 4. The van der Waals surface area contributed by atoms with Crippen molar-refractivity contribution in [3.05, 3.63) is 18.2 Å². The summed E-state index contributed by atoms with van der Waals surface area (Å²) in [6.07, 6.45) is 6.93. The van der Waals surface area contributed by atoms with Gasteiger partial charge in [-0.15, -0.1) is 0 Å². The molecular weight excluding hydrogens is 322 g/mol. The van der Waals surface area contributed by atoms with Gasteiger partial charge in [0.05, 0.1) is 13.1 Å². The molecule has 1 aromatic heterocycles. The van der Waals surface area contributed by atoms with Crippen molar-refractivity contribution in [2.45, 2.75) is 43.9 Å². The van der Waals surface area contributed by atoms with Gasteiger partial charge in [0.15, 0.2) is 0 Å². The molecule has 1 aromatic rings. The highest BCUT2D eigenvalue weighted by molar-refractivity contribution is 5.83. The van der Waals surface area contributed by atoms with Gasteiger partial charge in [-0.1, -0.05) is 0 Å². The molecule has 1 aliphatic carbocycles. The van der Waals surface area contributed by atoms with E-state index in [1.54, 1.807) is 11.1 Å². The molecule has 1 N–H and O–H groups in total. The van der Waals surface area contributed by atoms with E-state index in [-0.39, 0.29) is 24.6 Å². The first-order valence-corrected chi connectivity index (χ1v) is 9.01. The lowest BCUT2D eigenvalue weighted by Gasteiger charge is -2.31. The number of aromatic nitrogens is 2. The lowest BCUT2D eigenvalue weighted by atomic mass is 9.92. The zero-order valence-corrected chi connectivity index (χ0v) is 14.6. The topological polar surface area (TPSA) is 79.7 Å². The van der Waals surface area contributed by atoms with Crippen LogP contribution in [0, 0.1) is 0 Å². The first kappa shape index (κ1) is 16.4. The van der Waals surface area contributed by atoms with Crippen LogP contribution in [0.3, 0.4) is 0 Å². The van der Waals surface area contributed by atoms with Crippen LogP contribution < -0.4 is 5.32 Å². The van der Waals surface area contributed by atoms with E-state index in [1.165, 1.54) is 0 Å². The molecule has 4 rings (SSSR count). The minimum atomic E-state index is -0.410. The smallest absolute Gasteiger partial charge is 0.410 e. The molecule has 136 valence electrons. The van der Waals surface area contributed by atoms with E-state index in [2.05, 4.69) is 10.3 Å². The van der Waals surface area contributed by atoms with Gasteiger partial charge in [-0.25, -0.2) is 9.78 Å². The number of imidazole rings is 1. The lowest BCUT2D eigenvalue weighted by molar-refractivity contribution is -0.133. The van der Waals surface area contributed by atoms with Gasteiger partial charge in [-0.05, 0) is 25.9 Å². The minimum absolute atomic E-state index is 0.0200. The Labute approximate surface area is 147 Å². The van der Waals surface area contributed by atoms with E-state index in [0.717, 1.165) is 44.6 Å². The van der Waals surface area contributed by atoms with Crippen LogP contribution in [0.15, 0.2) is 12.4 Å². The summed E-state index contributed by atoms with van der Waals surface area (Å²) in [6, 6.07) is 0.274. The first-order chi connectivity index (χ1) is 12.1. The second-order valence-electron chi connectivity index (χ2n) is 7.36. The number of carbonyl (C=O) groups excluding carboxylic acids is 2. The quantitative estimate of drug-likeness (QED) is 0.838. The summed E-state index contributed by atoms with van der Waals surface area (Å²) in [5, 5.41) is 3.28. The Morgan fingerprint density at radius 1 is 1.44 bits per heavy atom. The van der Waals surface area contributed by atoms with Crippen LogP contribution in [0.4, 0.5) is 4.79 Å². The second-order valence-corrected chi connectivity index (χ2v) is 7.36. The second kappa shape index (κ2) is 6.33. The predicted molar refractivity (Wildman–Crippen MR) is 89.7 cm³/mol. The normalized spacial score (nSPS) is 22.3. The Balaban J connectivity index is 1.41. The van der Waals surface area contributed by atoms with Gasteiger partial charge in [-0.3, -0.25) is 9.69 Å². The van der Waals surface area contributed by atoms with Crippen molar-refractivity contribution in [1.82, 2.24) is 24.7 Å². The SMILES string of the molecule is Cn1ccnc1CN(C(=O)CN1CC2(CCNCC2)OC1=O)C1CC1. The van der Waals surface area contributed by atoms with E-state index in [4.69, 9.17) is 4.74 Å².